The van der Waals surface area contributed by atoms with Crippen LogP contribution < -0.4 is 5.32 Å². The van der Waals surface area contributed by atoms with Gasteiger partial charge in [0.05, 0.1) is 22.5 Å². The molecule has 2 atom stereocenters. The fourth-order valence-electron chi connectivity index (χ4n) is 5.07. The van der Waals surface area contributed by atoms with Crippen molar-refractivity contribution in [1.82, 2.24) is 15.2 Å². The number of benzene rings is 3. The van der Waals surface area contributed by atoms with Crippen LogP contribution in [-0.2, 0) is 25.5 Å². The molecule has 6 rings (SSSR count). The highest BCUT2D eigenvalue weighted by Crippen LogP contribution is 2.45. The first-order valence-electron chi connectivity index (χ1n) is 14.0. The van der Waals surface area contributed by atoms with Crippen LogP contribution in [0.1, 0.15) is 33.4 Å². The lowest BCUT2D eigenvalue weighted by molar-refractivity contribution is -0.154. The van der Waals surface area contributed by atoms with Crippen LogP contribution >= 0.6 is 34.9 Å². The molecule has 1 N–H and O–H groups in total. The van der Waals surface area contributed by atoms with Gasteiger partial charge in [-0.3, -0.25) is 14.5 Å². The SMILES string of the molecule is Cc1ncsc1/C=C\SC1=C(C(=O)OC(c2ccccc2)c2ccccc2)N2C(=O)[C@@H](NC(=O)Cc3ccccc3)[C@H]2SC1. The molecule has 4 aromatic rings. The number of fused-ring (bicyclic) bond motifs is 1. The first-order valence-corrected chi connectivity index (χ1v) is 16.9. The third-order valence-electron chi connectivity index (χ3n) is 7.29. The van der Waals surface area contributed by atoms with E-state index in [1.807, 2.05) is 109 Å². The van der Waals surface area contributed by atoms with E-state index in [1.165, 1.54) is 39.8 Å². The Kier molecular flexibility index (Phi) is 9.30. The first kappa shape index (κ1) is 29.9. The fraction of sp³-hybridized carbons (Fsp3) is 0.176. The van der Waals surface area contributed by atoms with Gasteiger partial charge in [0.25, 0.3) is 5.91 Å². The van der Waals surface area contributed by atoms with Crippen LogP contribution in [0.5, 0.6) is 0 Å². The molecular formula is C34H29N3O4S3. The van der Waals surface area contributed by atoms with Gasteiger partial charge in [0, 0.05) is 10.7 Å². The monoisotopic (exact) mass is 639 g/mol. The number of esters is 1. The number of hydrogen-bond donors (Lipinski definition) is 1. The Morgan fingerprint density at radius 1 is 1.02 bits per heavy atom. The van der Waals surface area contributed by atoms with Crippen LogP contribution in [-0.4, -0.2) is 44.8 Å². The smallest absolute Gasteiger partial charge is 0.356 e. The van der Waals surface area contributed by atoms with E-state index < -0.39 is 23.5 Å². The third-order valence-corrected chi connectivity index (χ3v) is 10.5. The zero-order valence-corrected chi connectivity index (χ0v) is 26.2. The maximum atomic E-state index is 14.1. The van der Waals surface area contributed by atoms with Gasteiger partial charge in [-0.15, -0.1) is 23.1 Å². The Balaban J connectivity index is 1.27. The molecule has 2 aliphatic heterocycles. The maximum absolute atomic E-state index is 14.1. The number of amides is 2. The van der Waals surface area contributed by atoms with Gasteiger partial charge >= 0.3 is 5.97 Å². The van der Waals surface area contributed by atoms with E-state index >= 15 is 0 Å². The number of aromatic nitrogens is 1. The minimum Gasteiger partial charge on any atom is -0.448 e. The molecule has 2 amide bonds. The molecule has 3 aromatic carbocycles. The lowest BCUT2D eigenvalue weighted by Gasteiger charge is -2.49. The van der Waals surface area contributed by atoms with Crippen LogP contribution in [0.15, 0.2) is 113 Å². The zero-order chi connectivity index (χ0) is 30.5. The number of β-lactam (4-membered cyclic amide) rings is 1. The summed E-state index contributed by atoms with van der Waals surface area (Å²) >= 11 is 4.46. The molecule has 44 heavy (non-hydrogen) atoms. The average molecular weight is 640 g/mol. The lowest BCUT2D eigenvalue weighted by atomic mass is 10.0. The number of ether oxygens (including phenoxy) is 1. The molecule has 0 aliphatic carbocycles. The minimum absolute atomic E-state index is 0.172. The van der Waals surface area contributed by atoms with Gasteiger partial charge in [-0.2, -0.15) is 0 Å². The van der Waals surface area contributed by atoms with E-state index in [-0.39, 0.29) is 23.9 Å². The number of thioether (sulfide) groups is 2. The number of nitrogens with zero attached hydrogens (tertiary/aromatic N) is 2. The summed E-state index contributed by atoms with van der Waals surface area (Å²) < 4.78 is 6.23. The molecule has 1 fully saturated rings. The average Bonchev–Trinajstić information content (AvgIpc) is 3.47. The van der Waals surface area contributed by atoms with Gasteiger partial charge in [-0.25, -0.2) is 9.78 Å². The molecule has 0 radical (unpaired) electrons. The van der Waals surface area contributed by atoms with Crippen molar-refractivity contribution < 1.29 is 19.1 Å². The topological polar surface area (TPSA) is 88.6 Å². The standard InChI is InChI=1S/C34H29N3O4S3/c1-22-26(44-21-35-22)17-18-42-27-20-43-33-29(36-28(38)19-23-11-5-2-6-12-23)32(39)37(33)30(27)34(40)41-31(24-13-7-3-8-14-24)25-15-9-4-10-16-25/h2-18,21,29,31,33H,19-20H2,1H3,(H,36,38)/b18-17-/t29-,33-/m1/s1. The van der Waals surface area contributed by atoms with Gasteiger partial charge < -0.3 is 10.1 Å². The van der Waals surface area contributed by atoms with Gasteiger partial charge in [-0.05, 0) is 35.1 Å². The second kappa shape index (κ2) is 13.7. The molecule has 0 spiro atoms. The van der Waals surface area contributed by atoms with Gasteiger partial charge in [0.2, 0.25) is 5.91 Å². The summed E-state index contributed by atoms with van der Waals surface area (Å²) in [5, 5.41) is 4.40. The van der Waals surface area contributed by atoms with Crippen molar-refractivity contribution in [2.75, 3.05) is 5.75 Å². The number of aryl methyl sites for hydroxylation is 1. The van der Waals surface area contributed by atoms with Crippen molar-refractivity contribution in [3.8, 4) is 0 Å². The maximum Gasteiger partial charge on any atom is 0.356 e. The Morgan fingerprint density at radius 3 is 2.27 bits per heavy atom. The number of carbonyl (C=O) groups excluding carboxylic acids is 3. The Bertz CT molecular complexity index is 1670. The molecule has 2 aliphatic rings. The summed E-state index contributed by atoms with van der Waals surface area (Å²) in [5.41, 5.74) is 5.46. The minimum atomic E-state index is -0.722. The highest BCUT2D eigenvalue weighted by molar-refractivity contribution is 8.08. The van der Waals surface area contributed by atoms with E-state index in [4.69, 9.17) is 4.74 Å². The largest absolute Gasteiger partial charge is 0.448 e. The predicted molar refractivity (Wildman–Crippen MR) is 176 cm³/mol. The lowest BCUT2D eigenvalue weighted by Crippen LogP contribution is -2.70. The van der Waals surface area contributed by atoms with E-state index in [0.717, 1.165) is 32.2 Å². The fourth-order valence-corrected chi connectivity index (χ4v) is 8.19. The number of hydrogen-bond acceptors (Lipinski definition) is 8. The van der Waals surface area contributed by atoms with E-state index in [0.29, 0.717) is 5.75 Å². The van der Waals surface area contributed by atoms with E-state index in [1.54, 1.807) is 5.51 Å². The zero-order valence-electron chi connectivity index (χ0n) is 23.8. The molecule has 3 heterocycles. The normalized spacial score (nSPS) is 17.9. The third kappa shape index (κ3) is 6.52. The van der Waals surface area contributed by atoms with Crippen molar-refractivity contribution in [2.45, 2.75) is 30.9 Å². The Labute approximate surface area is 268 Å². The van der Waals surface area contributed by atoms with Crippen molar-refractivity contribution in [2.24, 2.45) is 0 Å². The molecule has 7 nitrogen and oxygen atoms in total. The summed E-state index contributed by atoms with van der Waals surface area (Å²) in [6.07, 6.45) is 1.47. The quantitative estimate of drug-likeness (QED) is 0.160. The van der Waals surface area contributed by atoms with Crippen molar-refractivity contribution in [3.63, 3.8) is 0 Å². The van der Waals surface area contributed by atoms with Crippen LogP contribution in [0.4, 0.5) is 0 Å². The second-order valence-corrected chi connectivity index (χ2v) is 13.2. The van der Waals surface area contributed by atoms with Crippen molar-refractivity contribution in [3.05, 3.63) is 140 Å². The van der Waals surface area contributed by atoms with E-state index in [2.05, 4.69) is 10.3 Å². The number of rotatable bonds is 10. The van der Waals surface area contributed by atoms with Crippen molar-refractivity contribution >= 4 is 58.7 Å². The van der Waals surface area contributed by atoms with Gasteiger partial charge in [-0.1, -0.05) is 103 Å². The van der Waals surface area contributed by atoms with Gasteiger partial charge in [0.15, 0.2) is 6.10 Å². The second-order valence-electron chi connectivity index (χ2n) is 10.2. The molecule has 10 heteroatoms. The summed E-state index contributed by atoms with van der Waals surface area (Å²) in [5.74, 6) is -0.659. The number of nitrogens with one attached hydrogen (secondary N) is 1. The molecule has 0 bridgehead atoms. The van der Waals surface area contributed by atoms with Gasteiger partial charge in [0.1, 0.15) is 17.1 Å². The van der Waals surface area contributed by atoms with Crippen LogP contribution in [0, 0.1) is 6.92 Å². The summed E-state index contributed by atoms with van der Waals surface area (Å²) in [4.78, 5) is 48.1. The molecule has 1 aromatic heterocycles. The summed E-state index contributed by atoms with van der Waals surface area (Å²) in [7, 11) is 0. The summed E-state index contributed by atoms with van der Waals surface area (Å²) in [6.45, 7) is 1.95. The first-order chi connectivity index (χ1) is 21.5. The number of thiazole rings is 1. The van der Waals surface area contributed by atoms with E-state index in [9.17, 15) is 14.4 Å². The Hall–Kier alpha value is -4.12. The molecular weight excluding hydrogens is 611 g/mol. The molecule has 0 unspecified atom stereocenters. The summed E-state index contributed by atoms with van der Waals surface area (Å²) in [6, 6.07) is 27.8. The molecule has 0 saturated carbocycles. The Morgan fingerprint density at radius 2 is 1.66 bits per heavy atom. The molecule has 1 saturated heterocycles. The molecule has 222 valence electrons. The number of carbonyl (C=O) groups is 3. The van der Waals surface area contributed by atoms with Crippen LogP contribution in [0.2, 0.25) is 0 Å². The van der Waals surface area contributed by atoms with Crippen molar-refractivity contribution in [1.29, 1.82) is 0 Å². The van der Waals surface area contributed by atoms with Crippen LogP contribution in [0.3, 0.4) is 0 Å². The predicted octanol–water partition coefficient (Wildman–Crippen LogP) is 6.34. The highest BCUT2D eigenvalue weighted by Gasteiger charge is 2.54. The highest BCUT2D eigenvalue weighted by atomic mass is 32.2. The van der Waals surface area contributed by atoms with Crippen LogP contribution in [0.25, 0.3) is 6.08 Å².